The Kier molecular flexibility index (Phi) is 17.9. The zero-order chi connectivity index (χ0) is 55.5. The van der Waals surface area contributed by atoms with Gasteiger partial charge in [0.1, 0.15) is 34.0 Å². The van der Waals surface area contributed by atoms with Crippen molar-refractivity contribution in [3.63, 3.8) is 0 Å². The molecule has 8 rings (SSSR count). The van der Waals surface area contributed by atoms with Crippen molar-refractivity contribution in [3.05, 3.63) is 212 Å². The highest BCUT2D eigenvalue weighted by Crippen LogP contribution is 2.46. The Labute approximate surface area is 464 Å². The monoisotopic (exact) mass is 1110 g/mol. The number of amides is 4. The van der Waals surface area contributed by atoms with E-state index in [0.29, 0.717) is 38.3 Å². The second kappa shape index (κ2) is 24.9. The molecule has 0 radical (unpaired) electrons. The first-order valence-corrected chi connectivity index (χ1v) is 27.4. The Hall–Kier alpha value is -8.20. The van der Waals surface area contributed by atoms with Gasteiger partial charge in [-0.1, -0.05) is 174 Å². The summed E-state index contributed by atoms with van der Waals surface area (Å²) in [5, 5.41) is 27.9. The van der Waals surface area contributed by atoms with Crippen molar-refractivity contribution in [2.24, 2.45) is 10.3 Å². The molecule has 1 aromatic heterocycles. The molecule has 2 aliphatic rings. The number of anilines is 1. The van der Waals surface area contributed by atoms with E-state index in [4.69, 9.17) is 19.0 Å². The molecule has 0 aliphatic carbocycles. The first kappa shape index (κ1) is 56.0. The third kappa shape index (κ3) is 13.7. The van der Waals surface area contributed by atoms with Crippen LogP contribution in [0.25, 0.3) is 0 Å². The summed E-state index contributed by atoms with van der Waals surface area (Å²) < 4.78 is 17.2. The number of esters is 1. The van der Waals surface area contributed by atoms with Gasteiger partial charge in [-0.25, -0.2) is 19.4 Å². The summed E-state index contributed by atoms with van der Waals surface area (Å²) in [5.41, 5.74) is 0.358. The summed E-state index contributed by atoms with van der Waals surface area (Å²) in [5.74, 6) is -2.15. The van der Waals surface area contributed by atoms with Gasteiger partial charge in [-0.15, -0.1) is 23.1 Å². The maximum atomic E-state index is 15.0. The molecule has 0 bridgehead atoms. The molecule has 4 N–H and O–H groups in total. The maximum absolute atomic E-state index is 15.0. The fourth-order valence-electron chi connectivity index (χ4n) is 8.28. The zero-order valence-corrected chi connectivity index (χ0v) is 45.9. The molecule has 2 atom stereocenters. The van der Waals surface area contributed by atoms with Gasteiger partial charge < -0.3 is 34.9 Å². The minimum Gasteiger partial charge on any atom is -0.448 e. The molecule has 1 fully saturated rings. The Morgan fingerprint density at radius 1 is 0.769 bits per heavy atom. The zero-order valence-electron chi connectivity index (χ0n) is 43.4. The lowest BCUT2D eigenvalue weighted by Crippen LogP contribution is -2.71. The molecule has 0 spiro atoms. The van der Waals surface area contributed by atoms with E-state index in [-0.39, 0.29) is 34.5 Å². The molecular weight excluding hydrogens is 1050 g/mol. The Balaban J connectivity index is 1.16. The molecule has 20 heteroatoms. The van der Waals surface area contributed by atoms with Crippen molar-refractivity contribution < 1.29 is 48.2 Å². The molecule has 2 aliphatic heterocycles. The van der Waals surface area contributed by atoms with Crippen LogP contribution >= 0.6 is 34.9 Å². The van der Waals surface area contributed by atoms with E-state index in [1.807, 2.05) is 152 Å². The Morgan fingerprint density at radius 3 is 1.79 bits per heavy atom. The lowest BCUT2D eigenvalue weighted by Gasteiger charge is -2.49. The molecule has 1 unspecified atom stereocenters. The van der Waals surface area contributed by atoms with Gasteiger partial charge in [-0.3, -0.25) is 19.8 Å². The van der Waals surface area contributed by atoms with Gasteiger partial charge in [0, 0.05) is 39.3 Å². The fourth-order valence-corrected chi connectivity index (χ4v) is 11.4. The van der Waals surface area contributed by atoms with Crippen molar-refractivity contribution in [2.75, 3.05) is 17.6 Å². The average molecular weight is 1110 g/mol. The number of carbonyl (C=O) groups is 5. The van der Waals surface area contributed by atoms with E-state index >= 15 is 4.79 Å². The minimum atomic E-state index is -1.43. The molecule has 78 heavy (non-hydrogen) atoms. The fraction of sp³-hybridized carbons (Fsp3) is 0.241. The van der Waals surface area contributed by atoms with Crippen LogP contribution in [0.1, 0.15) is 81.2 Å². The van der Waals surface area contributed by atoms with Crippen LogP contribution in [0.5, 0.6) is 0 Å². The predicted octanol–water partition coefficient (Wildman–Crippen LogP) is 10.7. The number of fused-ring (bicyclic) bond motifs is 1. The minimum absolute atomic E-state index is 0.0115. The van der Waals surface area contributed by atoms with E-state index in [9.17, 15) is 24.4 Å². The predicted molar refractivity (Wildman–Crippen MR) is 302 cm³/mol. The van der Waals surface area contributed by atoms with E-state index in [0.717, 1.165) is 29.3 Å². The molecule has 402 valence electrons. The average Bonchev–Trinajstić information content (AvgIpc) is 3.99. The van der Waals surface area contributed by atoms with E-state index < -0.39 is 64.3 Å². The summed E-state index contributed by atoms with van der Waals surface area (Å²) in [6.07, 6.45) is -1.22. The van der Waals surface area contributed by atoms with Crippen LogP contribution in [0.3, 0.4) is 0 Å². The largest absolute Gasteiger partial charge is 0.448 e. The van der Waals surface area contributed by atoms with Crippen molar-refractivity contribution >= 4 is 81.9 Å². The normalized spacial score (nSPS) is 16.0. The van der Waals surface area contributed by atoms with Crippen LogP contribution in [0, 0.1) is 0 Å². The molecule has 4 amide bonds. The number of rotatable bonds is 18. The van der Waals surface area contributed by atoms with Crippen LogP contribution in [0.2, 0.25) is 0 Å². The molecular formula is C58H57N7O10S3. The number of thiazole rings is 1. The van der Waals surface area contributed by atoms with Gasteiger partial charge in [0.25, 0.3) is 11.8 Å². The number of oxime groups is 2. The highest BCUT2D eigenvalue weighted by molar-refractivity contribution is 8.08. The summed E-state index contributed by atoms with van der Waals surface area (Å²) in [7, 11) is 0. The number of thioether (sulfide) groups is 2. The quantitative estimate of drug-likeness (QED) is 0.0120. The van der Waals surface area contributed by atoms with Gasteiger partial charge >= 0.3 is 18.2 Å². The van der Waals surface area contributed by atoms with Crippen LogP contribution in [0.15, 0.2) is 189 Å². The summed E-state index contributed by atoms with van der Waals surface area (Å²) in [6, 6.07) is 45.4. The topological polar surface area (TPSA) is 219 Å². The number of aromatic nitrogens is 1. The van der Waals surface area contributed by atoms with Crippen LogP contribution in [-0.2, 0) is 39.0 Å². The number of ether oxygens (including phenoxy) is 3. The van der Waals surface area contributed by atoms with Gasteiger partial charge in [-0.2, -0.15) is 0 Å². The van der Waals surface area contributed by atoms with Crippen molar-refractivity contribution in [2.45, 2.75) is 75.9 Å². The van der Waals surface area contributed by atoms with Gasteiger partial charge in [0.2, 0.25) is 5.60 Å². The third-order valence-corrected chi connectivity index (χ3v) is 14.9. The number of hydrogen-bond donors (Lipinski definition) is 4. The maximum Gasteiger partial charge on any atom is 0.413 e. The number of alkyl carbamates (subject to hydrolysis) is 1. The third-order valence-electron chi connectivity index (χ3n) is 11.6. The molecule has 5 aromatic carbocycles. The number of benzene rings is 5. The van der Waals surface area contributed by atoms with Crippen molar-refractivity contribution in [1.82, 2.24) is 20.5 Å². The Bertz CT molecular complexity index is 3080. The SMILES string of the molecule is CC(C)(C)OC(=O)NCC(/C=N/O)=C\SC1=C(C(=O)OC(c2ccccc2)c2ccccc2)N2C(=O)C(NC(=O)/C(=N\OC(c3ccccc3)(c3ccccc3)c3ccccc3)c3csc(NC(=O)OC(C)(C)C)n3)[C@H]2SC1. The number of nitrogens with zero attached hydrogens (tertiary/aromatic N) is 4. The number of β-lactam (4-membered cyclic amide) rings is 1. The number of nitrogens with one attached hydrogen (secondary N) is 3. The standard InChI is InChI=1S/C58H57N7O10S3/c1-56(2,3)73-54(69)59-32-37(33-60-71)34-76-44-36-77-51-46(50(67)65(51)47(44)52(68)72-48(38-22-12-7-13-23-38)39-24-14-8-15-25-39)62-49(66)45(43-35-78-53(61-43)63-55(70)74-57(4,5)6)64-75-58(40-26-16-9-17-27-40,41-28-18-10-19-29-41)42-30-20-11-21-31-42/h7-31,33-35,46,48,51,71H,32,36H2,1-6H3,(H,59,69)(H,62,66)(H,61,63,70)/b37-34+,60-33+,64-45-/t46?,51-/m1/s1. The van der Waals surface area contributed by atoms with E-state index in [1.165, 1.54) is 22.0 Å². The van der Waals surface area contributed by atoms with Crippen molar-refractivity contribution in [1.29, 1.82) is 0 Å². The smallest absolute Gasteiger partial charge is 0.413 e. The highest BCUT2D eigenvalue weighted by atomic mass is 32.2. The van der Waals surface area contributed by atoms with Gasteiger partial charge in [0.15, 0.2) is 16.9 Å². The number of hydrogen-bond acceptors (Lipinski definition) is 16. The second-order valence-electron chi connectivity index (χ2n) is 19.6. The molecule has 6 aromatic rings. The summed E-state index contributed by atoms with van der Waals surface area (Å²) in [4.78, 5) is 83.3. The van der Waals surface area contributed by atoms with Gasteiger partial charge in [0.05, 0.1) is 6.21 Å². The van der Waals surface area contributed by atoms with Crippen LogP contribution < -0.4 is 16.0 Å². The first-order chi connectivity index (χ1) is 37.4. The second-order valence-corrected chi connectivity index (χ2v) is 22.6. The molecule has 17 nitrogen and oxygen atoms in total. The Morgan fingerprint density at radius 2 is 1.28 bits per heavy atom. The molecule has 3 heterocycles. The summed E-state index contributed by atoms with van der Waals surface area (Å²) >= 11 is 3.38. The highest BCUT2D eigenvalue weighted by Gasteiger charge is 2.55. The van der Waals surface area contributed by atoms with Crippen molar-refractivity contribution in [3.8, 4) is 0 Å². The molecule has 1 saturated heterocycles. The molecule has 0 saturated carbocycles. The van der Waals surface area contributed by atoms with Crippen LogP contribution in [0.4, 0.5) is 14.7 Å². The first-order valence-electron chi connectivity index (χ1n) is 24.6. The lowest BCUT2D eigenvalue weighted by atomic mass is 9.80. The number of carbonyl (C=O) groups excluding carboxylic acids is 5. The lowest BCUT2D eigenvalue weighted by molar-refractivity contribution is -0.154. The van der Waals surface area contributed by atoms with Gasteiger partial charge in [-0.05, 0) is 63.7 Å². The van der Waals surface area contributed by atoms with E-state index in [2.05, 4.69) is 31.2 Å². The van der Waals surface area contributed by atoms with Crippen LogP contribution in [-0.4, -0.2) is 91.9 Å². The summed E-state index contributed by atoms with van der Waals surface area (Å²) in [6.45, 7) is 10.2. The van der Waals surface area contributed by atoms with E-state index in [1.54, 1.807) is 47.0 Å².